The lowest BCUT2D eigenvalue weighted by Crippen LogP contribution is -2.36. The summed E-state index contributed by atoms with van der Waals surface area (Å²) >= 11 is 6.32. The van der Waals surface area contributed by atoms with E-state index in [2.05, 4.69) is 42.3 Å². The fraction of sp³-hybridized carbons (Fsp3) is 0.208. The molecule has 4 rings (SSSR count). The van der Waals surface area contributed by atoms with Crippen LogP contribution < -0.4 is 4.90 Å². The molecule has 28 heavy (non-hydrogen) atoms. The summed E-state index contributed by atoms with van der Waals surface area (Å²) in [5, 5.41) is 0.716. The molecule has 0 spiro atoms. The zero-order chi connectivity index (χ0) is 19.3. The molecule has 0 amide bonds. The van der Waals surface area contributed by atoms with Crippen LogP contribution in [0.5, 0.6) is 0 Å². The highest BCUT2D eigenvalue weighted by Gasteiger charge is 2.22. The second-order valence-corrected chi connectivity index (χ2v) is 7.45. The van der Waals surface area contributed by atoms with E-state index in [0.717, 1.165) is 29.1 Å². The fourth-order valence-electron chi connectivity index (χ4n) is 3.51. The monoisotopic (exact) mass is 390 g/mol. The third kappa shape index (κ3) is 4.27. The summed E-state index contributed by atoms with van der Waals surface area (Å²) in [6.07, 6.45) is 0.00717. The fourth-order valence-corrected chi connectivity index (χ4v) is 3.68. The van der Waals surface area contributed by atoms with E-state index in [4.69, 9.17) is 21.3 Å². The number of aliphatic imine (C=N–C) groups is 1. The van der Waals surface area contributed by atoms with Crippen LogP contribution in [0.2, 0.25) is 5.02 Å². The molecule has 3 aromatic rings. The number of anilines is 1. The lowest BCUT2D eigenvalue weighted by Gasteiger charge is -2.30. The van der Waals surface area contributed by atoms with Crippen LogP contribution in [0.4, 0.5) is 5.69 Å². The van der Waals surface area contributed by atoms with Gasteiger partial charge in [0.05, 0.1) is 25.0 Å². The number of rotatable bonds is 4. The van der Waals surface area contributed by atoms with Gasteiger partial charge in [0.25, 0.3) is 0 Å². The van der Waals surface area contributed by atoms with E-state index in [-0.39, 0.29) is 6.10 Å². The highest BCUT2D eigenvalue weighted by atomic mass is 35.5. The van der Waals surface area contributed by atoms with Crippen molar-refractivity contribution < 1.29 is 4.74 Å². The second kappa shape index (κ2) is 8.59. The third-order valence-corrected chi connectivity index (χ3v) is 5.17. The molecule has 0 radical (unpaired) electrons. The number of ether oxygens (including phenoxy) is 1. The zero-order valence-corrected chi connectivity index (χ0v) is 16.6. The highest BCUT2D eigenvalue weighted by Crippen LogP contribution is 2.28. The maximum atomic E-state index is 6.32. The summed E-state index contributed by atoms with van der Waals surface area (Å²) in [7, 11) is 2.10. The van der Waals surface area contributed by atoms with Crippen LogP contribution in [0.25, 0.3) is 0 Å². The SMILES string of the molecule is CN1CC(OCc2ccccc2)CN=C(c2ccccc2)c2cc(Cl)ccc21. The van der Waals surface area contributed by atoms with E-state index in [1.807, 2.05) is 48.5 Å². The summed E-state index contributed by atoms with van der Waals surface area (Å²) in [5.41, 5.74) is 5.38. The number of nitrogens with zero attached hydrogens (tertiary/aromatic N) is 2. The summed E-state index contributed by atoms with van der Waals surface area (Å²) in [4.78, 5) is 7.21. The molecule has 1 unspecified atom stereocenters. The van der Waals surface area contributed by atoms with Gasteiger partial charge in [-0.25, -0.2) is 0 Å². The summed E-state index contributed by atoms with van der Waals surface area (Å²) in [6.45, 7) is 1.96. The minimum atomic E-state index is 0.00717. The molecule has 0 saturated carbocycles. The molecule has 4 heteroatoms. The number of hydrogen-bond acceptors (Lipinski definition) is 3. The Kier molecular flexibility index (Phi) is 5.75. The third-order valence-electron chi connectivity index (χ3n) is 4.93. The van der Waals surface area contributed by atoms with Crippen LogP contribution in [0.3, 0.4) is 0 Å². The second-order valence-electron chi connectivity index (χ2n) is 7.02. The lowest BCUT2D eigenvalue weighted by molar-refractivity contribution is 0.0518. The van der Waals surface area contributed by atoms with Gasteiger partial charge in [0.2, 0.25) is 0 Å². The van der Waals surface area contributed by atoms with Gasteiger partial charge < -0.3 is 9.64 Å². The van der Waals surface area contributed by atoms with Gasteiger partial charge in [-0.3, -0.25) is 4.99 Å². The minimum Gasteiger partial charge on any atom is -0.371 e. The van der Waals surface area contributed by atoms with Crippen LogP contribution >= 0.6 is 11.6 Å². The molecule has 3 nitrogen and oxygen atoms in total. The molecular weight excluding hydrogens is 368 g/mol. The average Bonchev–Trinajstić information content (AvgIpc) is 2.72. The molecule has 1 atom stereocenters. The molecule has 0 aliphatic carbocycles. The maximum Gasteiger partial charge on any atom is 0.0949 e. The van der Waals surface area contributed by atoms with Gasteiger partial charge in [-0.05, 0) is 23.8 Å². The van der Waals surface area contributed by atoms with E-state index in [1.54, 1.807) is 0 Å². The first-order valence-electron chi connectivity index (χ1n) is 9.47. The number of likely N-dealkylation sites (N-methyl/N-ethyl adjacent to an activating group) is 1. The number of fused-ring (bicyclic) bond motifs is 1. The van der Waals surface area contributed by atoms with Crippen molar-refractivity contribution in [2.24, 2.45) is 4.99 Å². The van der Waals surface area contributed by atoms with Gasteiger partial charge in [0.15, 0.2) is 0 Å². The molecule has 0 N–H and O–H groups in total. The predicted molar refractivity (Wildman–Crippen MR) is 117 cm³/mol. The van der Waals surface area contributed by atoms with Gasteiger partial charge in [-0.15, -0.1) is 0 Å². The quantitative estimate of drug-likeness (QED) is 0.610. The minimum absolute atomic E-state index is 0.00717. The van der Waals surface area contributed by atoms with Crippen molar-refractivity contribution in [1.29, 1.82) is 0 Å². The van der Waals surface area contributed by atoms with E-state index >= 15 is 0 Å². The number of hydrogen-bond donors (Lipinski definition) is 0. The van der Waals surface area contributed by atoms with Gasteiger partial charge in [-0.2, -0.15) is 0 Å². The summed E-state index contributed by atoms with van der Waals surface area (Å²) < 4.78 is 6.22. The average molecular weight is 391 g/mol. The Morgan fingerprint density at radius 1 is 1.00 bits per heavy atom. The molecule has 3 aromatic carbocycles. The van der Waals surface area contributed by atoms with Crippen molar-refractivity contribution in [2.75, 3.05) is 25.0 Å². The van der Waals surface area contributed by atoms with Crippen LogP contribution in [-0.2, 0) is 11.3 Å². The Labute approximate surface area is 171 Å². The first-order chi connectivity index (χ1) is 13.7. The van der Waals surface area contributed by atoms with E-state index < -0.39 is 0 Å². The van der Waals surface area contributed by atoms with Crippen molar-refractivity contribution in [1.82, 2.24) is 0 Å². The van der Waals surface area contributed by atoms with Crippen molar-refractivity contribution in [3.8, 4) is 0 Å². The Hall–Kier alpha value is -2.62. The standard InChI is InChI=1S/C24H23ClN2O/c1-27-16-21(28-17-18-8-4-2-5-9-18)15-26-24(19-10-6-3-7-11-19)22-14-20(25)12-13-23(22)27/h2-14,21H,15-17H2,1H3. The zero-order valence-electron chi connectivity index (χ0n) is 15.9. The molecular formula is C24H23ClN2O. The van der Waals surface area contributed by atoms with Gasteiger partial charge in [0.1, 0.15) is 0 Å². The van der Waals surface area contributed by atoms with Crippen molar-refractivity contribution in [3.05, 3.63) is 101 Å². The van der Waals surface area contributed by atoms with E-state index in [1.165, 1.54) is 5.56 Å². The first-order valence-corrected chi connectivity index (χ1v) is 9.85. The van der Waals surface area contributed by atoms with Crippen LogP contribution in [0, 0.1) is 0 Å². The molecule has 0 fully saturated rings. The smallest absolute Gasteiger partial charge is 0.0949 e. The predicted octanol–water partition coefficient (Wildman–Crippen LogP) is 5.21. The van der Waals surface area contributed by atoms with E-state index in [9.17, 15) is 0 Å². The van der Waals surface area contributed by atoms with Crippen molar-refractivity contribution >= 4 is 23.0 Å². The molecule has 0 bridgehead atoms. The Bertz CT molecular complexity index is 957. The number of benzene rings is 3. The van der Waals surface area contributed by atoms with Crippen molar-refractivity contribution in [2.45, 2.75) is 12.7 Å². The van der Waals surface area contributed by atoms with Gasteiger partial charge >= 0.3 is 0 Å². The van der Waals surface area contributed by atoms with Crippen molar-refractivity contribution in [3.63, 3.8) is 0 Å². The first kappa shape index (κ1) is 18.7. The van der Waals surface area contributed by atoms with Gasteiger partial charge in [0, 0.05) is 35.4 Å². The molecule has 1 heterocycles. The highest BCUT2D eigenvalue weighted by molar-refractivity contribution is 6.31. The molecule has 0 saturated heterocycles. The molecule has 1 aliphatic heterocycles. The van der Waals surface area contributed by atoms with Crippen LogP contribution in [0.15, 0.2) is 83.9 Å². The normalized spacial score (nSPS) is 16.7. The van der Waals surface area contributed by atoms with E-state index in [0.29, 0.717) is 18.2 Å². The summed E-state index contributed by atoms with van der Waals surface area (Å²) in [5.74, 6) is 0. The molecule has 1 aliphatic rings. The summed E-state index contributed by atoms with van der Waals surface area (Å²) in [6, 6.07) is 26.5. The topological polar surface area (TPSA) is 24.8 Å². The Morgan fingerprint density at radius 3 is 2.46 bits per heavy atom. The van der Waals surface area contributed by atoms with Gasteiger partial charge in [-0.1, -0.05) is 72.3 Å². The lowest BCUT2D eigenvalue weighted by atomic mass is 9.99. The maximum absolute atomic E-state index is 6.32. The largest absolute Gasteiger partial charge is 0.371 e. The molecule has 142 valence electrons. The van der Waals surface area contributed by atoms with Crippen LogP contribution in [0.1, 0.15) is 16.7 Å². The number of halogens is 1. The van der Waals surface area contributed by atoms with Crippen LogP contribution in [-0.4, -0.2) is 32.0 Å². The molecule has 0 aromatic heterocycles. The Morgan fingerprint density at radius 2 is 1.71 bits per heavy atom. The Balaban J connectivity index is 1.66.